The molecule has 12 heteroatoms. The zero-order valence-electron chi connectivity index (χ0n) is 8.34. The number of alkyl halides is 9. The van der Waals surface area contributed by atoms with Crippen molar-refractivity contribution in [2.75, 3.05) is 13.8 Å². The molecule has 0 aliphatic heterocycles. The quantitative estimate of drug-likeness (QED) is 0.424. The van der Waals surface area contributed by atoms with E-state index in [9.17, 15) is 44.0 Å². The van der Waals surface area contributed by atoms with Crippen LogP contribution in [0.5, 0.6) is 0 Å². The molecular formula is C6H5F10NO. The third-order valence-electron chi connectivity index (χ3n) is 1.69. The van der Waals surface area contributed by atoms with E-state index in [2.05, 4.69) is 4.74 Å². The third kappa shape index (κ3) is 2.48. The van der Waals surface area contributed by atoms with Crippen molar-refractivity contribution < 1.29 is 48.7 Å². The van der Waals surface area contributed by atoms with Crippen LogP contribution in [0.2, 0.25) is 0 Å². The second-order valence-electron chi connectivity index (χ2n) is 2.92. The van der Waals surface area contributed by atoms with E-state index in [4.69, 9.17) is 0 Å². The van der Waals surface area contributed by atoms with Gasteiger partial charge in [-0.25, -0.2) is 4.39 Å². The number of hydrogen-bond acceptors (Lipinski definition) is 2. The van der Waals surface area contributed by atoms with E-state index < -0.39 is 35.9 Å². The number of nitrogens with zero attached hydrogens (tertiary/aromatic N) is 1. The van der Waals surface area contributed by atoms with Crippen molar-refractivity contribution in [3.05, 3.63) is 0 Å². The molecule has 0 aliphatic carbocycles. The lowest BCUT2D eigenvalue weighted by atomic mass is 10.2. The number of hydrogen-bond donors (Lipinski definition) is 0. The molecule has 0 saturated carbocycles. The molecule has 0 heterocycles. The molecule has 0 rings (SSSR count). The van der Waals surface area contributed by atoms with Crippen molar-refractivity contribution in [2.24, 2.45) is 0 Å². The number of halogens is 10. The third-order valence-corrected chi connectivity index (χ3v) is 1.69. The molecule has 0 bridgehead atoms. The number of methoxy groups -OCH3 is 1. The minimum Gasteiger partial charge on any atom is -0.319 e. The van der Waals surface area contributed by atoms with Gasteiger partial charge in [0.05, 0.1) is 0 Å². The molecule has 18 heavy (non-hydrogen) atoms. The molecular weight excluding hydrogens is 292 g/mol. The monoisotopic (exact) mass is 297 g/mol. The Morgan fingerprint density at radius 3 is 1.61 bits per heavy atom. The molecule has 0 saturated heterocycles. The maximum Gasteiger partial charge on any atom is 0.427 e. The van der Waals surface area contributed by atoms with Crippen molar-refractivity contribution in [2.45, 2.75) is 24.1 Å². The Hall–Kier alpha value is -0.780. The zero-order valence-corrected chi connectivity index (χ0v) is 8.34. The van der Waals surface area contributed by atoms with Crippen LogP contribution in [-0.4, -0.2) is 43.0 Å². The van der Waals surface area contributed by atoms with E-state index in [1.165, 1.54) is 0 Å². The Morgan fingerprint density at radius 1 is 0.944 bits per heavy atom. The summed E-state index contributed by atoms with van der Waals surface area (Å²) in [6, 6.07) is -12.4. The van der Waals surface area contributed by atoms with Crippen LogP contribution in [-0.2, 0) is 4.74 Å². The van der Waals surface area contributed by atoms with E-state index in [1.54, 1.807) is 0 Å². The summed E-state index contributed by atoms with van der Waals surface area (Å²) < 4.78 is 126. The van der Waals surface area contributed by atoms with Crippen LogP contribution in [0.3, 0.4) is 0 Å². The molecule has 0 aromatic carbocycles. The van der Waals surface area contributed by atoms with Crippen LogP contribution in [0.4, 0.5) is 44.0 Å². The van der Waals surface area contributed by atoms with E-state index >= 15 is 0 Å². The summed E-state index contributed by atoms with van der Waals surface area (Å²) in [5, 5.41) is -3.27. The first-order valence-electron chi connectivity index (χ1n) is 3.86. The maximum atomic E-state index is 12.6. The van der Waals surface area contributed by atoms with Gasteiger partial charge in [-0.3, -0.25) is 0 Å². The molecule has 0 N–H and O–H groups in total. The first-order valence-corrected chi connectivity index (χ1v) is 3.86. The maximum absolute atomic E-state index is 12.6. The summed E-state index contributed by atoms with van der Waals surface area (Å²) in [5.41, 5.74) is 0. The molecule has 0 atom stereocenters. The van der Waals surface area contributed by atoms with Crippen molar-refractivity contribution in [1.82, 2.24) is 5.12 Å². The number of ether oxygens (including phenoxy) is 1. The van der Waals surface area contributed by atoms with Gasteiger partial charge in [0, 0.05) is 7.11 Å². The van der Waals surface area contributed by atoms with Gasteiger partial charge in [0.1, 0.15) is 0 Å². The summed E-state index contributed by atoms with van der Waals surface area (Å²) in [6.07, 6.45) is -5.95. The first kappa shape index (κ1) is 17.2. The van der Waals surface area contributed by atoms with Gasteiger partial charge in [0.2, 0.25) is 0 Å². The predicted octanol–water partition coefficient (Wildman–Crippen LogP) is 3.20. The number of rotatable bonds is 6. The summed E-state index contributed by atoms with van der Waals surface area (Å²) >= 11 is 0. The molecule has 0 aromatic rings. The highest BCUT2D eigenvalue weighted by Crippen LogP contribution is 2.50. The molecule has 0 aliphatic rings. The lowest BCUT2D eigenvalue weighted by Crippen LogP contribution is -2.64. The summed E-state index contributed by atoms with van der Waals surface area (Å²) in [4.78, 5) is 0. The average Bonchev–Trinajstić information content (AvgIpc) is 2.27. The largest absolute Gasteiger partial charge is 0.427 e. The van der Waals surface area contributed by atoms with Crippen LogP contribution < -0.4 is 0 Å². The van der Waals surface area contributed by atoms with Crippen LogP contribution in [0.25, 0.3) is 0 Å². The molecule has 0 aromatic heterocycles. The molecule has 0 fully saturated rings. The van der Waals surface area contributed by atoms with Gasteiger partial charge < -0.3 is 4.74 Å². The summed E-state index contributed by atoms with van der Waals surface area (Å²) in [6.45, 7) is -3.13. The van der Waals surface area contributed by atoms with Crippen LogP contribution in [0.1, 0.15) is 0 Å². The minimum absolute atomic E-state index is 0.139. The Kier molecular flexibility index (Phi) is 4.51. The fraction of sp³-hybridized carbons (Fsp3) is 1.00. The highest BCUT2D eigenvalue weighted by molar-refractivity contribution is 4.91. The lowest BCUT2D eigenvalue weighted by molar-refractivity contribution is -0.467. The van der Waals surface area contributed by atoms with Gasteiger partial charge in [0.25, 0.3) is 0 Å². The van der Waals surface area contributed by atoms with Crippen LogP contribution in [0, 0.1) is 0 Å². The Morgan fingerprint density at radius 2 is 1.33 bits per heavy atom. The normalized spacial score (nSPS) is 15.3. The van der Waals surface area contributed by atoms with E-state index in [0.717, 1.165) is 0 Å². The molecule has 0 radical (unpaired) electrons. The van der Waals surface area contributed by atoms with Crippen molar-refractivity contribution >= 4 is 0 Å². The zero-order chi connectivity index (χ0) is 15.0. The molecule has 0 spiro atoms. The highest BCUT2D eigenvalue weighted by Gasteiger charge is 2.78. The van der Waals surface area contributed by atoms with E-state index in [1.807, 2.05) is 0 Å². The van der Waals surface area contributed by atoms with Crippen LogP contribution >= 0.6 is 0 Å². The fourth-order valence-corrected chi connectivity index (χ4v) is 0.684. The van der Waals surface area contributed by atoms with Crippen molar-refractivity contribution in [1.29, 1.82) is 0 Å². The van der Waals surface area contributed by atoms with Gasteiger partial charge in [0.15, 0.2) is 6.67 Å². The van der Waals surface area contributed by atoms with Gasteiger partial charge in [-0.2, -0.15) is 35.1 Å². The first-order chi connectivity index (χ1) is 7.78. The Balaban J connectivity index is 5.51. The van der Waals surface area contributed by atoms with Crippen LogP contribution in [0.15, 0.2) is 0 Å². The van der Waals surface area contributed by atoms with Crippen molar-refractivity contribution in [3.8, 4) is 0 Å². The highest BCUT2D eigenvalue weighted by atomic mass is 19.4. The smallest absolute Gasteiger partial charge is 0.319 e. The lowest BCUT2D eigenvalue weighted by Gasteiger charge is -2.35. The Labute approximate surface area is 93.0 Å². The minimum atomic E-state index is -6.71. The SMILES string of the molecule is COC(F)(F)C(F)(F)C(F)(F)N(F)C(F)(F)CF. The molecule has 0 unspecified atom stereocenters. The van der Waals surface area contributed by atoms with Gasteiger partial charge in [-0.1, -0.05) is 0 Å². The molecule has 110 valence electrons. The van der Waals surface area contributed by atoms with Gasteiger partial charge >= 0.3 is 24.1 Å². The summed E-state index contributed by atoms with van der Waals surface area (Å²) in [7, 11) is -0.139. The van der Waals surface area contributed by atoms with E-state index in [0.29, 0.717) is 0 Å². The topological polar surface area (TPSA) is 12.5 Å². The fourth-order valence-electron chi connectivity index (χ4n) is 0.684. The van der Waals surface area contributed by atoms with Crippen molar-refractivity contribution in [3.63, 3.8) is 0 Å². The standard InChI is InChI=1S/C6H5F10NO/c1-18-6(14,15)4(10,11)5(12,13)17(16)3(8,9)2-7/h2H2,1H3. The van der Waals surface area contributed by atoms with Gasteiger partial charge in [-0.05, 0) is 5.12 Å². The Bertz CT molecular complexity index is 292. The molecule has 0 amide bonds. The average molecular weight is 297 g/mol. The molecule has 2 nitrogen and oxygen atoms in total. The predicted molar refractivity (Wildman–Crippen MR) is 35.7 cm³/mol. The second-order valence-corrected chi connectivity index (χ2v) is 2.92. The van der Waals surface area contributed by atoms with E-state index in [-0.39, 0.29) is 7.11 Å². The second kappa shape index (κ2) is 4.72. The summed E-state index contributed by atoms with van der Waals surface area (Å²) in [5.74, 6) is -6.66. The van der Waals surface area contributed by atoms with Gasteiger partial charge in [-0.15, -0.1) is 4.48 Å².